The summed E-state index contributed by atoms with van der Waals surface area (Å²) in [7, 11) is 0. The molecule has 2 rings (SSSR count). The van der Waals surface area contributed by atoms with Gasteiger partial charge in [-0.25, -0.2) is 9.37 Å². The first-order chi connectivity index (χ1) is 8.97. The van der Waals surface area contributed by atoms with Crippen LogP contribution < -0.4 is 5.32 Å². The van der Waals surface area contributed by atoms with Crippen molar-refractivity contribution in [2.45, 2.75) is 0 Å². The Hall–Kier alpha value is -1.36. The smallest absolute Gasteiger partial charge is 0.275 e. The Morgan fingerprint density at radius 1 is 1.16 bits per heavy atom. The van der Waals surface area contributed by atoms with Crippen LogP contribution in [0.3, 0.4) is 0 Å². The maximum Gasteiger partial charge on any atom is 0.275 e. The predicted molar refractivity (Wildman–Crippen MR) is 73.6 cm³/mol. The topological polar surface area (TPSA) is 42.0 Å². The first-order valence-corrected chi connectivity index (χ1v) is 6.19. The van der Waals surface area contributed by atoms with Crippen LogP contribution in [0.25, 0.3) is 0 Å². The molecular formula is C12H6Cl3FN2O. The van der Waals surface area contributed by atoms with E-state index in [9.17, 15) is 9.18 Å². The van der Waals surface area contributed by atoms with Gasteiger partial charge in [0.15, 0.2) is 0 Å². The van der Waals surface area contributed by atoms with Crippen LogP contribution in [0.5, 0.6) is 0 Å². The minimum Gasteiger partial charge on any atom is -0.318 e. The van der Waals surface area contributed by atoms with E-state index in [2.05, 4.69) is 10.3 Å². The van der Waals surface area contributed by atoms with Crippen molar-refractivity contribution < 1.29 is 9.18 Å². The summed E-state index contributed by atoms with van der Waals surface area (Å²) in [6.45, 7) is 0. The largest absolute Gasteiger partial charge is 0.318 e. The first-order valence-electron chi connectivity index (χ1n) is 5.06. The number of nitrogens with one attached hydrogen (secondary N) is 1. The molecule has 0 fully saturated rings. The van der Waals surface area contributed by atoms with E-state index in [0.717, 1.165) is 6.07 Å². The Morgan fingerprint density at radius 2 is 1.89 bits per heavy atom. The van der Waals surface area contributed by atoms with Crippen molar-refractivity contribution in [2.24, 2.45) is 0 Å². The molecule has 98 valence electrons. The molecule has 1 heterocycles. The normalized spacial score (nSPS) is 10.3. The molecule has 0 spiro atoms. The standard InChI is InChI=1S/C12H6Cl3FN2O/c13-6-1-3-8(16)9(5-6)17-12(19)11-7(14)2-4-10(15)18-11/h1-5H,(H,17,19). The molecule has 1 N–H and O–H groups in total. The summed E-state index contributed by atoms with van der Waals surface area (Å²) >= 11 is 17.2. The average molecular weight is 320 g/mol. The minimum absolute atomic E-state index is 0.0599. The van der Waals surface area contributed by atoms with Crippen LogP contribution in [0.2, 0.25) is 15.2 Å². The van der Waals surface area contributed by atoms with Gasteiger partial charge in [0.25, 0.3) is 5.91 Å². The highest BCUT2D eigenvalue weighted by molar-refractivity contribution is 6.35. The van der Waals surface area contributed by atoms with E-state index < -0.39 is 11.7 Å². The molecule has 0 unspecified atom stereocenters. The molecule has 0 aliphatic carbocycles. The molecule has 2 aromatic rings. The third-order valence-corrected chi connectivity index (χ3v) is 2.95. The fraction of sp³-hybridized carbons (Fsp3) is 0. The number of hydrogen-bond donors (Lipinski definition) is 1. The second-order valence-corrected chi connectivity index (χ2v) is 4.77. The fourth-order valence-corrected chi connectivity index (χ4v) is 1.86. The van der Waals surface area contributed by atoms with Gasteiger partial charge in [0.05, 0.1) is 10.7 Å². The first kappa shape index (κ1) is 14.1. The number of amides is 1. The lowest BCUT2D eigenvalue weighted by molar-refractivity contribution is 0.102. The maximum absolute atomic E-state index is 13.5. The number of rotatable bonds is 2. The quantitative estimate of drug-likeness (QED) is 0.832. The Labute approximate surface area is 123 Å². The number of anilines is 1. The minimum atomic E-state index is -0.673. The van der Waals surface area contributed by atoms with Crippen LogP contribution in [0.1, 0.15) is 10.5 Å². The van der Waals surface area contributed by atoms with Crippen LogP contribution in [-0.4, -0.2) is 10.9 Å². The highest BCUT2D eigenvalue weighted by Gasteiger charge is 2.15. The zero-order valence-corrected chi connectivity index (χ0v) is 11.5. The van der Waals surface area contributed by atoms with E-state index in [0.29, 0.717) is 5.02 Å². The molecule has 0 radical (unpaired) electrons. The second kappa shape index (κ2) is 5.74. The van der Waals surface area contributed by atoms with Crippen molar-refractivity contribution >= 4 is 46.4 Å². The number of benzene rings is 1. The number of aromatic nitrogens is 1. The van der Waals surface area contributed by atoms with Gasteiger partial charge >= 0.3 is 0 Å². The molecule has 1 amide bonds. The van der Waals surface area contributed by atoms with Crippen molar-refractivity contribution in [1.82, 2.24) is 4.98 Å². The molecule has 0 saturated heterocycles. The van der Waals surface area contributed by atoms with Gasteiger partial charge in [0.2, 0.25) is 0 Å². The van der Waals surface area contributed by atoms with Crippen LogP contribution in [-0.2, 0) is 0 Å². The molecule has 1 aromatic heterocycles. The van der Waals surface area contributed by atoms with Gasteiger partial charge in [-0.15, -0.1) is 0 Å². The molecule has 0 aliphatic rings. The van der Waals surface area contributed by atoms with Crippen molar-refractivity contribution in [3.05, 3.63) is 57.0 Å². The van der Waals surface area contributed by atoms with Gasteiger partial charge in [-0.2, -0.15) is 0 Å². The highest BCUT2D eigenvalue weighted by atomic mass is 35.5. The van der Waals surface area contributed by atoms with Crippen molar-refractivity contribution in [2.75, 3.05) is 5.32 Å². The van der Waals surface area contributed by atoms with Crippen LogP contribution >= 0.6 is 34.8 Å². The second-order valence-electron chi connectivity index (χ2n) is 3.54. The Balaban J connectivity index is 2.30. The van der Waals surface area contributed by atoms with Gasteiger partial charge in [0, 0.05) is 5.02 Å². The van der Waals surface area contributed by atoms with Gasteiger partial charge in [-0.05, 0) is 30.3 Å². The lowest BCUT2D eigenvalue weighted by Gasteiger charge is -2.07. The van der Waals surface area contributed by atoms with Crippen LogP contribution in [0.15, 0.2) is 30.3 Å². The van der Waals surface area contributed by atoms with E-state index in [1.165, 1.54) is 24.3 Å². The Bertz CT molecular complexity index is 649. The third kappa shape index (κ3) is 3.35. The number of hydrogen-bond acceptors (Lipinski definition) is 2. The molecule has 1 aromatic carbocycles. The van der Waals surface area contributed by atoms with E-state index in [-0.39, 0.29) is 21.6 Å². The molecule has 19 heavy (non-hydrogen) atoms. The Kier molecular flexibility index (Phi) is 4.24. The molecule has 0 atom stereocenters. The zero-order chi connectivity index (χ0) is 14.0. The van der Waals surface area contributed by atoms with Crippen molar-refractivity contribution in [3.8, 4) is 0 Å². The SMILES string of the molecule is O=C(Nc1cc(Cl)ccc1F)c1nc(Cl)ccc1Cl. The summed E-state index contributed by atoms with van der Waals surface area (Å²) < 4.78 is 13.5. The highest BCUT2D eigenvalue weighted by Crippen LogP contribution is 2.22. The monoisotopic (exact) mass is 318 g/mol. The third-order valence-electron chi connectivity index (χ3n) is 2.20. The van der Waals surface area contributed by atoms with Crippen LogP contribution in [0.4, 0.5) is 10.1 Å². The number of halogens is 4. The predicted octanol–water partition coefficient (Wildman–Crippen LogP) is 4.43. The van der Waals surface area contributed by atoms with Crippen molar-refractivity contribution in [3.63, 3.8) is 0 Å². The van der Waals surface area contributed by atoms with E-state index >= 15 is 0 Å². The number of carbonyl (C=O) groups is 1. The summed E-state index contributed by atoms with van der Waals surface area (Å²) in [4.78, 5) is 15.7. The zero-order valence-electron chi connectivity index (χ0n) is 9.25. The maximum atomic E-state index is 13.5. The number of pyridine rings is 1. The summed E-state index contributed by atoms with van der Waals surface area (Å²) in [5.74, 6) is -1.29. The molecular weight excluding hydrogens is 314 g/mol. The molecule has 0 aliphatic heterocycles. The fourth-order valence-electron chi connectivity index (χ4n) is 1.35. The summed E-state index contributed by atoms with van der Waals surface area (Å²) in [5, 5.41) is 2.85. The Morgan fingerprint density at radius 3 is 2.63 bits per heavy atom. The van der Waals surface area contributed by atoms with Gasteiger partial charge in [-0.3, -0.25) is 4.79 Å². The van der Waals surface area contributed by atoms with E-state index in [1.807, 2.05) is 0 Å². The van der Waals surface area contributed by atoms with Gasteiger partial charge in [0.1, 0.15) is 16.7 Å². The number of carbonyl (C=O) groups excluding carboxylic acids is 1. The van der Waals surface area contributed by atoms with Crippen LogP contribution in [0, 0.1) is 5.82 Å². The summed E-state index contributed by atoms with van der Waals surface area (Å²) in [6, 6.07) is 6.68. The average Bonchev–Trinajstić information content (AvgIpc) is 2.36. The summed E-state index contributed by atoms with van der Waals surface area (Å²) in [6.07, 6.45) is 0. The van der Waals surface area contributed by atoms with E-state index in [4.69, 9.17) is 34.8 Å². The molecule has 0 saturated carbocycles. The summed E-state index contributed by atoms with van der Waals surface area (Å²) in [5.41, 5.74) is -0.149. The van der Waals surface area contributed by atoms with Gasteiger partial charge < -0.3 is 5.32 Å². The molecule has 0 bridgehead atoms. The lowest BCUT2D eigenvalue weighted by atomic mass is 10.2. The van der Waals surface area contributed by atoms with Crippen molar-refractivity contribution in [1.29, 1.82) is 0 Å². The number of nitrogens with zero attached hydrogens (tertiary/aromatic N) is 1. The molecule has 7 heteroatoms. The lowest BCUT2D eigenvalue weighted by Crippen LogP contribution is -2.15. The van der Waals surface area contributed by atoms with Gasteiger partial charge in [-0.1, -0.05) is 34.8 Å². The van der Waals surface area contributed by atoms with E-state index in [1.54, 1.807) is 0 Å². The molecule has 3 nitrogen and oxygen atoms in total.